The number of nitrogens with zero attached hydrogens (tertiary/aromatic N) is 3. The maximum Gasteiger partial charge on any atom is 0.225 e. The molecule has 1 aromatic heterocycles. The molecular formula is C15H20ClN3. The zero-order chi connectivity index (χ0) is 13.2. The van der Waals surface area contributed by atoms with Crippen molar-refractivity contribution in [1.82, 2.24) is 9.97 Å². The van der Waals surface area contributed by atoms with Gasteiger partial charge in [-0.2, -0.15) is 0 Å². The van der Waals surface area contributed by atoms with Gasteiger partial charge in [-0.15, -0.1) is 0 Å². The Labute approximate surface area is 119 Å². The van der Waals surface area contributed by atoms with Crippen LogP contribution in [0.5, 0.6) is 0 Å². The second-order valence-electron chi connectivity index (χ2n) is 5.56. The first kappa shape index (κ1) is 12.9. The fourth-order valence-electron chi connectivity index (χ4n) is 3.26. The van der Waals surface area contributed by atoms with Crippen LogP contribution < -0.4 is 4.90 Å². The van der Waals surface area contributed by atoms with E-state index in [9.17, 15) is 0 Å². The summed E-state index contributed by atoms with van der Waals surface area (Å²) in [5.74, 6) is 3.30. The van der Waals surface area contributed by atoms with Crippen LogP contribution in [0.4, 0.5) is 5.95 Å². The van der Waals surface area contributed by atoms with E-state index in [0.29, 0.717) is 5.02 Å². The lowest BCUT2D eigenvalue weighted by atomic mass is 9.69. The third kappa shape index (κ3) is 2.62. The van der Waals surface area contributed by atoms with Gasteiger partial charge in [0.2, 0.25) is 5.95 Å². The topological polar surface area (TPSA) is 29.0 Å². The minimum Gasteiger partial charge on any atom is -0.341 e. The summed E-state index contributed by atoms with van der Waals surface area (Å²) in [5.41, 5.74) is 0. The molecule has 1 fully saturated rings. The molecule has 0 spiro atoms. The van der Waals surface area contributed by atoms with Gasteiger partial charge in [0.15, 0.2) is 0 Å². The molecule has 2 unspecified atom stereocenters. The second-order valence-corrected chi connectivity index (χ2v) is 6.00. The molecule has 1 aliphatic heterocycles. The van der Waals surface area contributed by atoms with E-state index in [1.807, 2.05) is 0 Å². The number of hydrogen-bond donors (Lipinski definition) is 0. The molecule has 0 bridgehead atoms. The predicted molar refractivity (Wildman–Crippen MR) is 78.4 cm³/mol. The summed E-state index contributed by atoms with van der Waals surface area (Å²) in [5, 5.41) is 0.601. The monoisotopic (exact) mass is 277 g/mol. The fourth-order valence-corrected chi connectivity index (χ4v) is 3.36. The summed E-state index contributed by atoms with van der Waals surface area (Å²) in [4.78, 5) is 10.9. The standard InChI is InChI=1S/C15H20ClN3/c1-2-11-3-4-14(11)12-5-7-19(8-6-12)15-17-9-13(16)10-18-15/h3-4,9-12,14H,2,5-8H2,1H3. The number of hydrogen-bond acceptors (Lipinski definition) is 3. The molecule has 0 N–H and O–H groups in total. The lowest BCUT2D eigenvalue weighted by molar-refractivity contribution is 0.238. The van der Waals surface area contributed by atoms with E-state index in [4.69, 9.17) is 11.6 Å². The van der Waals surface area contributed by atoms with Crippen molar-refractivity contribution in [3.8, 4) is 0 Å². The van der Waals surface area contributed by atoms with Crippen LogP contribution in [0.3, 0.4) is 0 Å². The maximum atomic E-state index is 5.82. The highest BCUT2D eigenvalue weighted by atomic mass is 35.5. The van der Waals surface area contributed by atoms with E-state index in [0.717, 1.165) is 36.8 Å². The van der Waals surface area contributed by atoms with E-state index in [-0.39, 0.29) is 0 Å². The molecule has 0 aromatic carbocycles. The van der Waals surface area contributed by atoms with Crippen molar-refractivity contribution in [1.29, 1.82) is 0 Å². The van der Waals surface area contributed by atoms with Crippen LogP contribution >= 0.6 is 11.6 Å². The third-order valence-corrected chi connectivity index (χ3v) is 4.71. The summed E-state index contributed by atoms with van der Waals surface area (Å²) < 4.78 is 0. The van der Waals surface area contributed by atoms with Gasteiger partial charge in [-0.25, -0.2) is 9.97 Å². The van der Waals surface area contributed by atoms with Crippen LogP contribution in [0.2, 0.25) is 5.02 Å². The van der Waals surface area contributed by atoms with Crippen LogP contribution in [0.1, 0.15) is 26.2 Å². The van der Waals surface area contributed by atoms with Gasteiger partial charge in [-0.05, 0) is 37.0 Å². The largest absolute Gasteiger partial charge is 0.341 e. The molecule has 19 heavy (non-hydrogen) atoms. The zero-order valence-corrected chi connectivity index (χ0v) is 12.1. The molecule has 1 aromatic rings. The Balaban J connectivity index is 1.57. The van der Waals surface area contributed by atoms with Crippen LogP contribution in [0.15, 0.2) is 24.5 Å². The van der Waals surface area contributed by atoms with E-state index in [2.05, 4.69) is 33.9 Å². The van der Waals surface area contributed by atoms with Gasteiger partial charge in [-0.1, -0.05) is 30.7 Å². The smallest absolute Gasteiger partial charge is 0.225 e. The van der Waals surface area contributed by atoms with Crippen LogP contribution in [0, 0.1) is 17.8 Å². The summed E-state index contributed by atoms with van der Waals surface area (Å²) in [7, 11) is 0. The van der Waals surface area contributed by atoms with Crippen molar-refractivity contribution in [3.05, 3.63) is 29.6 Å². The number of aromatic nitrogens is 2. The van der Waals surface area contributed by atoms with Gasteiger partial charge in [0.25, 0.3) is 0 Å². The van der Waals surface area contributed by atoms with Crippen LogP contribution in [-0.4, -0.2) is 23.1 Å². The van der Waals surface area contributed by atoms with E-state index in [1.54, 1.807) is 12.4 Å². The van der Waals surface area contributed by atoms with Crippen LogP contribution in [0.25, 0.3) is 0 Å². The molecule has 1 aliphatic carbocycles. The number of halogens is 1. The third-order valence-electron chi connectivity index (χ3n) is 4.52. The van der Waals surface area contributed by atoms with E-state index in [1.165, 1.54) is 19.3 Å². The molecule has 2 atom stereocenters. The molecule has 3 rings (SSSR count). The molecule has 0 radical (unpaired) electrons. The Kier molecular flexibility index (Phi) is 3.74. The van der Waals surface area contributed by atoms with Gasteiger partial charge in [0.05, 0.1) is 17.4 Å². The number of anilines is 1. The molecular weight excluding hydrogens is 258 g/mol. The van der Waals surface area contributed by atoms with Gasteiger partial charge >= 0.3 is 0 Å². The normalized spacial score (nSPS) is 27.4. The first-order valence-electron chi connectivity index (χ1n) is 7.18. The van der Waals surface area contributed by atoms with Gasteiger partial charge in [0.1, 0.15) is 0 Å². The molecule has 0 amide bonds. The lowest BCUT2D eigenvalue weighted by Crippen LogP contribution is -2.39. The minimum absolute atomic E-state index is 0.601. The van der Waals surface area contributed by atoms with Crippen molar-refractivity contribution < 1.29 is 0 Å². The van der Waals surface area contributed by atoms with Gasteiger partial charge < -0.3 is 4.90 Å². The Bertz CT molecular complexity index is 449. The maximum absolute atomic E-state index is 5.82. The van der Waals surface area contributed by atoms with Gasteiger partial charge in [0, 0.05) is 13.1 Å². The Morgan fingerprint density at radius 2 is 1.89 bits per heavy atom. The SMILES string of the molecule is CCC1C=CC1C1CCN(c2ncc(Cl)cn2)CC1. The highest BCUT2D eigenvalue weighted by Crippen LogP contribution is 2.39. The van der Waals surface area contributed by atoms with Gasteiger partial charge in [-0.3, -0.25) is 0 Å². The Morgan fingerprint density at radius 1 is 1.21 bits per heavy atom. The molecule has 4 heteroatoms. The average Bonchev–Trinajstić information content (AvgIpc) is 2.40. The fraction of sp³-hybridized carbons (Fsp3) is 0.600. The summed E-state index contributed by atoms with van der Waals surface area (Å²) in [6, 6.07) is 0. The average molecular weight is 278 g/mol. The Morgan fingerprint density at radius 3 is 2.42 bits per heavy atom. The lowest BCUT2D eigenvalue weighted by Gasteiger charge is -2.40. The predicted octanol–water partition coefficient (Wildman–Crippen LogP) is 3.56. The molecule has 3 nitrogen and oxygen atoms in total. The van der Waals surface area contributed by atoms with Crippen molar-refractivity contribution in [2.45, 2.75) is 26.2 Å². The summed E-state index contributed by atoms with van der Waals surface area (Å²) in [6.45, 7) is 4.41. The highest BCUT2D eigenvalue weighted by Gasteiger charge is 2.33. The minimum atomic E-state index is 0.601. The van der Waals surface area contributed by atoms with Crippen molar-refractivity contribution >= 4 is 17.5 Å². The van der Waals surface area contributed by atoms with Crippen molar-refractivity contribution in [3.63, 3.8) is 0 Å². The molecule has 2 aliphatic rings. The second kappa shape index (κ2) is 5.49. The van der Waals surface area contributed by atoms with E-state index >= 15 is 0 Å². The summed E-state index contributed by atoms with van der Waals surface area (Å²) in [6.07, 6.45) is 11.9. The number of piperidine rings is 1. The number of rotatable bonds is 3. The van der Waals surface area contributed by atoms with Crippen molar-refractivity contribution in [2.75, 3.05) is 18.0 Å². The van der Waals surface area contributed by atoms with E-state index < -0.39 is 0 Å². The first-order valence-corrected chi connectivity index (χ1v) is 7.56. The molecule has 1 saturated heterocycles. The zero-order valence-electron chi connectivity index (χ0n) is 11.3. The summed E-state index contributed by atoms with van der Waals surface area (Å²) >= 11 is 5.82. The molecule has 2 heterocycles. The highest BCUT2D eigenvalue weighted by molar-refractivity contribution is 6.30. The molecule has 102 valence electrons. The first-order chi connectivity index (χ1) is 9.28. The quantitative estimate of drug-likeness (QED) is 0.791. The number of allylic oxidation sites excluding steroid dienone is 2. The molecule has 0 saturated carbocycles. The van der Waals surface area contributed by atoms with Crippen molar-refractivity contribution in [2.24, 2.45) is 17.8 Å². The Hall–Kier alpha value is -1.09. The van der Waals surface area contributed by atoms with Crippen LogP contribution in [-0.2, 0) is 0 Å².